The van der Waals surface area contributed by atoms with Gasteiger partial charge in [0.05, 0.1) is 6.61 Å². The fourth-order valence-electron chi connectivity index (χ4n) is 3.10. The van der Waals surface area contributed by atoms with Gasteiger partial charge >= 0.3 is 0 Å². The summed E-state index contributed by atoms with van der Waals surface area (Å²) in [6.45, 7) is 7.56. The quantitative estimate of drug-likeness (QED) is 0.839. The molecule has 3 rings (SSSR count). The van der Waals surface area contributed by atoms with E-state index < -0.39 is 0 Å². The molecule has 1 aromatic rings. The van der Waals surface area contributed by atoms with E-state index in [-0.39, 0.29) is 6.61 Å². The van der Waals surface area contributed by atoms with Gasteiger partial charge in [0.25, 0.3) is 0 Å². The molecule has 0 amide bonds. The molecule has 1 aromatic carbocycles. The van der Waals surface area contributed by atoms with Gasteiger partial charge in [0, 0.05) is 51.5 Å². The summed E-state index contributed by atoms with van der Waals surface area (Å²) in [4.78, 5) is 4.85. The number of hydrogen-bond acceptors (Lipinski definition) is 4. The zero-order valence-corrected chi connectivity index (χ0v) is 11.4. The van der Waals surface area contributed by atoms with Crippen LogP contribution in [0.4, 0.5) is 5.69 Å². The van der Waals surface area contributed by atoms with Crippen LogP contribution in [0.25, 0.3) is 0 Å². The molecule has 1 saturated heterocycles. The van der Waals surface area contributed by atoms with Gasteiger partial charge in [-0.05, 0) is 17.5 Å². The van der Waals surface area contributed by atoms with Crippen molar-refractivity contribution in [3.8, 4) is 0 Å². The van der Waals surface area contributed by atoms with E-state index in [4.69, 9.17) is 5.11 Å². The maximum atomic E-state index is 8.96. The highest BCUT2D eigenvalue weighted by atomic mass is 16.3. The summed E-state index contributed by atoms with van der Waals surface area (Å²) in [5.41, 5.74) is 4.28. The Kier molecular flexibility index (Phi) is 4.01. The first-order valence-corrected chi connectivity index (χ1v) is 7.27. The van der Waals surface area contributed by atoms with Crippen LogP contribution in [0.1, 0.15) is 11.1 Å². The highest BCUT2D eigenvalue weighted by Crippen LogP contribution is 2.27. The van der Waals surface area contributed by atoms with Crippen molar-refractivity contribution in [3.63, 3.8) is 0 Å². The molecule has 2 aliphatic rings. The fraction of sp³-hybridized carbons (Fsp3) is 0.600. The van der Waals surface area contributed by atoms with E-state index >= 15 is 0 Å². The van der Waals surface area contributed by atoms with Crippen LogP contribution in [0.5, 0.6) is 0 Å². The van der Waals surface area contributed by atoms with Gasteiger partial charge in [0.1, 0.15) is 0 Å². The van der Waals surface area contributed by atoms with Crippen LogP contribution in [0.3, 0.4) is 0 Å². The third-order valence-electron chi connectivity index (χ3n) is 4.21. The Balaban J connectivity index is 1.60. The Morgan fingerprint density at radius 3 is 2.68 bits per heavy atom. The second-order valence-electron chi connectivity index (χ2n) is 5.47. The van der Waals surface area contributed by atoms with E-state index in [1.54, 1.807) is 0 Å². The van der Waals surface area contributed by atoms with Crippen molar-refractivity contribution in [2.45, 2.75) is 13.0 Å². The number of para-hydroxylation sites is 1. The number of piperazine rings is 1. The number of anilines is 1. The molecule has 0 spiro atoms. The van der Waals surface area contributed by atoms with Crippen LogP contribution < -0.4 is 5.32 Å². The number of aliphatic hydroxyl groups is 1. The lowest BCUT2D eigenvalue weighted by Gasteiger charge is -2.34. The molecule has 19 heavy (non-hydrogen) atoms. The van der Waals surface area contributed by atoms with E-state index in [2.05, 4.69) is 33.3 Å². The van der Waals surface area contributed by atoms with Crippen molar-refractivity contribution in [3.05, 3.63) is 29.3 Å². The van der Waals surface area contributed by atoms with Crippen LogP contribution >= 0.6 is 0 Å². The minimum Gasteiger partial charge on any atom is -0.395 e. The Labute approximate surface area is 115 Å². The minimum atomic E-state index is 0.274. The zero-order chi connectivity index (χ0) is 13.1. The van der Waals surface area contributed by atoms with Crippen LogP contribution in [-0.4, -0.2) is 60.8 Å². The second-order valence-corrected chi connectivity index (χ2v) is 5.47. The lowest BCUT2D eigenvalue weighted by Crippen LogP contribution is -2.46. The molecular formula is C15H23N3O. The third-order valence-corrected chi connectivity index (χ3v) is 4.21. The zero-order valence-electron chi connectivity index (χ0n) is 11.4. The molecule has 0 aromatic heterocycles. The van der Waals surface area contributed by atoms with E-state index in [0.29, 0.717) is 0 Å². The smallest absolute Gasteiger partial charge is 0.0558 e. The number of fused-ring (bicyclic) bond motifs is 1. The van der Waals surface area contributed by atoms with E-state index in [9.17, 15) is 0 Å². The molecule has 0 radical (unpaired) electrons. The third kappa shape index (κ3) is 2.91. The number of nitrogens with one attached hydrogen (secondary N) is 1. The predicted octanol–water partition coefficient (Wildman–Crippen LogP) is 0.764. The van der Waals surface area contributed by atoms with Gasteiger partial charge in [0.2, 0.25) is 0 Å². The first-order valence-electron chi connectivity index (χ1n) is 7.27. The van der Waals surface area contributed by atoms with Crippen molar-refractivity contribution in [1.29, 1.82) is 0 Å². The summed E-state index contributed by atoms with van der Waals surface area (Å²) in [7, 11) is 0. The molecular weight excluding hydrogens is 238 g/mol. The Morgan fingerprint density at radius 2 is 1.89 bits per heavy atom. The number of nitrogens with zero attached hydrogens (tertiary/aromatic N) is 2. The van der Waals surface area contributed by atoms with Gasteiger partial charge in [-0.3, -0.25) is 9.80 Å². The van der Waals surface area contributed by atoms with Crippen LogP contribution in [-0.2, 0) is 13.0 Å². The number of rotatable bonds is 4. The summed E-state index contributed by atoms with van der Waals surface area (Å²) in [6, 6.07) is 6.67. The van der Waals surface area contributed by atoms with Crippen molar-refractivity contribution < 1.29 is 5.11 Å². The highest BCUT2D eigenvalue weighted by Gasteiger charge is 2.19. The summed E-state index contributed by atoms with van der Waals surface area (Å²) in [5.74, 6) is 0. The second kappa shape index (κ2) is 5.90. The van der Waals surface area contributed by atoms with Gasteiger partial charge in [-0.15, -0.1) is 0 Å². The van der Waals surface area contributed by atoms with Crippen molar-refractivity contribution in [1.82, 2.24) is 9.80 Å². The van der Waals surface area contributed by atoms with Crippen molar-refractivity contribution in [2.24, 2.45) is 0 Å². The molecule has 0 bridgehead atoms. The standard InChI is InChI=1S/C15H23N3O/c19-11-10-17-6-8-18(9-7-17)12-14-3-1-2-13-4-5-16-15(13)14/h1-3,16,19H,4-12H2. The van der Waals surface area contributed by atoms with Gasteiger partial charge in [-0.1, -0.05) is 18.2 Å². The summed E-state index contributed by atoms with van der Waals surface area (Å²) in [6.07, 6.45) is 1.16. The molecule has 0 aliphatic carbocycles. The number of β-amino-alcohol motifs (C(OH)–C–C–N with tert-alkyl or cyclic N) is 1. The molecule has 104 valence electrons. The topological polar surface area (TPSA) is 38.7 Å². The summed E-state index contributed by atoms with van der Waals surface area (Å²) >= 11 is 0. The molecule has 2 heterocycles. The molecule has 4 nitrogen and oxygen atoms in total. The molecule has 0 unspecified atom stereocenters. The largest absolute Gasteiger partial charge is 0.395 e. The van der Waals surface area contributed by atoms with Crippen LogP contribution in [0.2, 0.25) is 0 Å². The lowest BCUT2D eigenvalue weighted by atomic mass is 10.1. The Hall–Kier alpha value is -1.10. The lowest BCUT2D eigenvalue weighted by molar-refractivity contribution is 0.108. The van der Waals surface area contributed by atoms with Crippen molar-refractivity contribution in [2.75, 3.05) is 51.2 Å². The van der Waals surface area contributed by atoms with E-state index in [0.717, 1.165) is 52.2 Å². The van der Waals surface area contributed by atoms with Crippen LogP contribution in [0, 0.1) is 0 Å². The average molecular weight is 261 g/mol. The predicted molar refractivity (Wildman–Crippen MR) is 77.4 cm³/mol. The Morgan fingerprint density at radius 1 is 1.11 bits per heavy atom. The normalized spacial score (nSPS) is 20.3. The molecule has 2 N–H and O–H groups in total. The van der Waals surface area contributed by atoms with E-state index in [1.165, 1.54) is 16.8 Å². The molecule has 4 heteroatoms. The van der Waals surface area contributed by atoms with Crippen molar-refractivity contribution >= 4 is 5.69 Å². The van der Waals surface area contributed by atoms with E-state index in [1.807, 2.05) is 0 Å². The molecule has 1 fully saturated rings. The van der Waals surface area contributed by atoms with Gasteiger partial charge in [-0.2, -0.15) is 0 Å². The summed E-state index contributed by atoms with van der Waals surface area (Å²) < 4.78 is 0. The molecule has 2 aliphatic heterocycles. The minimum absolute atomic E-state index is 0.274. The maximum Gasteiger partial charge on any atom is 0.0558 e. The SMILES string of the molecule is OCCN1CCN(Cc2cccc3c2NCC3)CC1. The number of hydrogen-bond donors (Lipinski definition) is 2. The van der Waals surface area contributed by atoms with Gasteiger partial charge < -0.3 is 10.4 Å². The van der Waals surface area contributed by atoms with Gasteiger partial charge in [0.15, 0.2) is 0 Å². The van der Waals surface area contributed by atoms with Crippen LogP contribution in [0.15, 0.2) is 18.2 Å². The molecule has 0 saturated carbocycles. The Bertz CT molecular complexity index is 427. The number of aliphatic hydroxyl groups excluding tert-OH is 1. The van der Waals surface area contributed by atoms with Gasteiger partial charge in [-0.25, -0.2) is 0 Å². The first-order chi connectivity index (χ1) is 9.36. The fourth-order valence-corrected chi connectivity index (χ4v) is 3.10. The summed E-state index contributed by atoms with van der Waals surface area (Å²) in [5, 5.41) is 12.5. The first kappa shape index (κ1) is 12.9. The highest BCUT2D eigenvalue weighted by molar-refractivity contribution is 5.61. The number of benzene rings is 1. The average Bonchev–Trinajstić information content (AvgIpc) is 2.91. The monoisotopic (exact) mass is 261 g/mol. The maximum absolute atomic E-state index is 8.96. The molecule has 0 atom stereocenters.